The predicted octanol–water partition coefficient (Wildman–Crippen LogP) is 3.87. The third-order valence-corrected chi connectivity index (χ3v) is 6.06. The molecule has 2 aromatic heterocycles. The van der Waals surface area contributed by atoms with Crippen molar-refractivity contribution in [2.45, 2.75) is 11.4 Å². The molecule has 5 nitrogen and oxygen atoms in total. The van der Waals surface area contributed by atoms with Crippen LogP contribution in [0.1, 0.15) is 5.69 Å². The number of aromatic nitrogens is 2. The van der Waals surface area contributed by atoms with Gasteiger partial charge in [-0.2, -0.15) is 0 Å². The lowest BCUT2D eigenvalue weighted by Gasteiger charge is -2.24. The van der Waals surface area contributed by atoms with Gasteiger partial charge in [-0.05, 0) is 36.4 Å². The van der Waals surface area contributed by atoms with Gasteiger partial charge in [0.1, 0.15) is 16.4 Å². The van der Waals surface area contributed by atoms with Gasteiger partial charge in [0.15, 0.2) is 0 Å². The number of halogens is 1. The molecule has 0 aliphatic rings. The van der Waals surface area contributed by atoms with Gasteiger partial charge in [-0.15, -0.1) is 0 Å². The van der Waals surface area contributed by atoms with Gasteiger partial charge >= 0.3 is 0 Å². The molecule has 0 saturated heterocycles. The van der Waals surface area contributed by atoms with Gasteiger partial charge in [0, 0.05) is 6.20 Å². The summed E-state index contributed by atoms with van der Waals surface area (Å²) in [7, 11) is -4.11. The molecular weight excluding hydrogens is 365 g/mol. The molecule has 27 heavy (non-hydrogen) atoms. The highest BCUT2D eigenvalue weighted by Crippen LogP contribution is 2.27. The van der Waals surface area contributed by atoms with Crippen molar-refractivity contribution in [1.82, 2.24) is 9.38 Å². The van der Waals surface area contributed by atoms with E-state index < -0.39 is 15.8 Å². The molecule has 0 aliphatic heterocycles. The minimum atomic E-state index is -4.11. The molecular formula is C20H16FN3O2S. The van der Waals surface area contributed by atoms with E-state index in [1.165, 1.54) is 22.5 Å². The van der Waals surface area contributed by atoms with Gasteiger partial charge < -0.3 is 4.40 Å². The number of nitrogens with zero attached hydrogens (tertiary/aromatic N) is 3. The third kappa shape index (κ3) is 3.17. The Morgan fingerprint density at radius 2 is 1.63 bits per heavy atom. The average Bonchev–Trinajstić information content (AvgIpc) is 3.10. The number of anilines is 1. The van der Waals surface area contributed by atoms with Crippen LogP contribution < -0.4 is 4.31 Å². The molecule has 7 heteroatoms. The van der Waals surface area contributed by atoms with E-state index in [1.807, 2.05) is 28.8 Å². The van der Waals surface area contributed by atoms with E-state index in [-0.39, 0.29) is 11.4 Å². The first-order valence-electron chi connectivity index (χ1n) is 8.31. The summed E-state index contributed by atoms with van der Waals surface area (Å²) >= 11 is 0. The first kappa shape index (κ1) is 17.2. The number of pyridine rings is 1. The lowest BCUT2D eigenvalue weighted by molar-refractivity contribution is 0.563. The molecule has 2 aromatic carbocycles. The quantitative estimate of drug-likeness (QED) is 0.527. The molecule has 2 heterocycles. The molecule has 136 valence electrons. The van der Waals surface area contributed by atoms with Gasteiger partial charge in [0.05, 0.1) is 24.1 Å². The molecule has 4 aromatic rings. The van der Waals surface area contributed by atoms with Crippen LogP contribution in [0.3, 0.4) is 0 Å². The Bertz CT molecular complexity index is 1190. The molecule has 0 atom stereocenters. The van der Waals surface area contributed by atoms with Crippen LogP contribution in [0.4, 0.5) is 10.1 Å². The van der Waals surface area contributed by atoms with Crippen molar-refractivity contribution in [2.75, 3.05) is 4.31 Å². The van der Waals surface area contributed by atoms with E-state index in [4.69, 9.17) is 0 Å². The lowest BCUT2D eigenvalue weighted by atomic mass is 10.3. The second-order valence-corrected chi connectivity index (χ2v) is 7.79. The Kier molecular flexibility index (Phi) is 4.37. The van der Waals surface area contributed by atoms with E-state index in [2.05, 4.69) is 4.98 Å². The molecule has 0 saturated carbocycles. The summed E-state index contributed by atoms with van der Waals surface area (Å²) in [5.41, 5.74) is 1.84. The first-order valence-corrected chi connectivity index (χ1v) is 9.75. The van der Waals surface area contributed by atoms with Gasteiger partial charge in [-0.25, -0.2) is 17.8 Å². The van der Waals surface area contributed by atoms with E-state index in [1.54, 1.807) is 36.5 Å². The number of hydrogen-bond acceptors (Lipinski definition) is 3. The van der Waals surface area contributed by atoms with Gasteiger partial charge in [-0.1, -0.05) is 36.4 Å². The molecule has 0 bridgehead atoms. The number of rotatable bonds is 5. The fourth-order valence-corrected chi connectivity index (χ4v) is 4.44. The van der Waals surface area contributed by atoms with Crippen molar-refractivity contribution in [3.63, 3.8) is 0 Å². The van der Waals surface area contributed by atoms with Crippen molar-refractivity contribution in [3.05, 3.63) is 96.7 Å². The number of fused-ring (bicyclic) bond motifs is 1. The summed E-state index contributed by atoms with van der Waals surface area (Å²) in [4.78, 5) is 3.95. The van der Waals surface area contributed by atoms with Crippen molar-refractivity contribution in [3.8, 4) is 0 Å². The fourth-order valence-electron chi connectivity index (χ4n) is 2.93. The van der Waals surface area contributed by atoms with Crippen molar-refractivity contribution in [1.29, 1.82) is 0 Å². The number of sulfonamides is 1. The van der Waals surface area contributed by atoms with Crippen LogP contribution in [0.25, 0.3) is 5.65 Å². The maximum Gasteiger partial charge on any atom is 0.267 e. The molecule has 0 unspecified atom stereocenters. The first-order chi connectivity index (χ1) is 13.1. The summed E-state index contributed by atoms with van der Waals surface area (Å²) in [6.45, 7) is 0.0197. The second kappa shape index (κ2) is 6.85. The Labute approximate surface area is 156 Å². The molecule has 0 amide bonds. The summed E-state index contributed by atoms with van der Waals surface area (Å²) in [5.74, 6) is -0.781. The van der Waals surface area contributed by atoms with Crippen molar-refractivity contribution >= 4 is 21.4 Å². The van der Waals surface area contributed by atoms with Crippen LogP contribution in [-0.2, 0) is 16.6 Å². The van der Waals surface area contributed by atoms with Crippen LogP contribution in [0.5, 0.6) is 0 Å². The highest BCUT2D eigenvalue weighted by atomic mass is 32.2. The number of hydrogen-bond donors (Lipinski definition) is 0. The monoisotopic (exact) mass is 381 g/mol. The molecule has 0 aliphatic carbocycles. The largest absolute Gasteiger partial charge is 0.302 e. The SMILES string of the molecule is O=S(=O)(c1ccccc1F)N(Cc1cnc2ccccn12)c1ccccc1. The molecule has 0 radical (unpaired) electrons. The summed E-state index contributed by atoms with van der Waals surface area (Å²) in [5, 5.41) is 0. The standard InChI is InChI=1S/C20H16FN3O2S/c21-18-10-4-5-11-19(18)27(25,26)24(16-8-2-1-3-9-16)15-17-14-22-20-12-6-7-13-23(17)20/h1-14H,15H2. The topological polar surface area (TPSA) is 54.7 Å². The van der Waals surface area contributed by atoms with Crippen molar-refractivity contribution in [2.24, 2.45) is 0 Å². The van der Waals surface area contributed by atoms with Crippen LogP contribution in [0, 0.1) is 5.82 Å². The number of benzene rings is 2. The van der Waals surface area contributed by atoms with E-state index in [0.717, 1.165) is 6.07 Å². The van der Waals surface area contributed by atoms with E-state index in [0.29, 0.717) is 17.0 Å². The highest BCUT2D eigenvalue weighted by molar-refractivity contribution is 7.92. The van der Waals surface area contributed by atoms with Crippen LogP contribution in [0.2, 0.25) is 0 Å². The van der Waals surface area contributed by atoms with Crippen LogP contribution >= 0.6 is 0 Å². The molecule has 4 rings (SSSR count). The zero-order valence-corrected chi connectivity index (χ0v) is 15.1. The Balaban J connectivity index is 1.84. The highest BCUT2D eigenvalue weighted by Gasteiger charge is 2.28. The molecule has 0 N–H and O–H groups in total. The van der Waals surface area contributed by atoms with E-state index >= 15 is 0 Å². The van der Waals surface area contributed by atoms with E-state index in [9.17, 15) is 12.8 Å². The zero-order valence-electron chi connectivity index (χ0n) is 14.2. The zero-order chi connectivity index (χ0) is 18.9. The Morgan fingerprint density at radius 3 is 2.41 bits per heavy atom. The summed E-state index contributed by atoms with van der Waals surface area (Å²) in [6.07, 6.45) is 3.44. The molecule has 0 spiro atoms. The third-order valence-electron chi connectivity index (χ3n) is 4.25. The smallest absolute Gasteiger partial charge is 0.267 e. The predicted molar refractivity (Wildman–Crippen MR) is 101 cm³/mol. The van der Waals surface area contributed by atoms with Gasteiger partial charge in [0.25, 0.3) is 10.0 Å². The average molecular weight is 381 g/mol. The maximum atomic E-state index is 14.3. The van der Waals surface area contributed by atoms with Gasteiger partial charge in [-0.3, -0.25) is 4.31 Å². The number of imidazole rings is 1. The maximum absolute atomic E-state index is 14.3. The van der Waals surface area contributed by atoms with Crippen molar-refractivity contribution < 1.29 is 12.8 Å². The second-order valence-electron chi connectivity index (χ2n) is 5.96. The van der Waals surface area contributed by atoms with Crippen LogP contribution in [0.15, 0.2) is 90.1 Å². The fraction of sp³-hybridized carbons (Fsp3) is 0.0500. The number of para-hydroxylation sites is 1. The minimum absolute atomic E-state index is 0.0197. The Hall–Kier alpha value is -3.19. The lowest BCUT2D eigenvalue weighted by Crippen LogP contribution is -2.31. The van der Waals surface area contributed by atoms with Crippen LogP contribution in [-0.4, -0.2) is 17.8 Å². The Morgan fingerprint density at radius 1 is 0.926 bits per heavy atom. The minimum Gasteiger partial charge on any atom is -0.302 e. The summed E-state index contributed by atoms with van der Waals surface area (Å²) in [6, 6.07) is 19.6. The molecule has 0 fully saturated rings. The van der Waals surface area contributed by atoms with Gasteiger partial charge in [0.2, 0.25) is 0 Å². The normalized spacial score (nSPS) is 11.6. The summed E-state index contributed by atoms with van der Waals surface area (Å²) < 4.78 is 43.8.